The lowest BCUT2D eigenvalue weighted by molar-refractivity contribution is 0.601. The van der Waals surface area contributed by atoms with Crippen LogP contribution in [0.25, 0.3) is 0 Å². The monoisotopic (exact) mass is 317 g/mol. The summed E-state index contributed by atoms with van der Waals surface area (Å²) in [5.41, 5.74) is 6.14. The predicted molar refractivity (Wildman–Crippen MR) is 75.9 cm³/mol. The summed E-state index contributed by atoms with van der Waals surface area (Å²) >= 11 is 11.5. The minimum Gasteiger partial charge on any atom is -0.399 e. The van der Waals surface area contributed by atoms with Crippen LogP contribution in [0.5, 0.6) is 0 Å². The molecule has 3 N–H and O–H groups in total. The molecule has 0 spiro atoms. The van der Waals surface area contributed by atoms with Gasteiger partial charge in [0.2, 0.25) is 0 Å². The van der Waals surface area contributed by atoms with Crippen LogP contribution in [-0.2, 0) is 10.0 Å². The first-order valence-corrected chi connectivity index (χ1v) is 7.32. The second-order valence-corrected chi connectivity index (χ2v) is 6.11. The summed E-state index contributed by atoms with van der Waals surface area (Å²) in [6, 6.07) is 7.19. The van der Waals surface area contributed by atoms with Gasteiger partial charge in [-0.05, 0) is 30.3 Å². The first-order chi connectivity index (χ1) is 8.88. The van der Waals surface area contributed by atoms with E-state index in [0.29, 0.717) is 5.69 Å². The molecular formula is C11H9Cl2N3O2S. The van der Waals surface area contributed by atoms with Crippen LogP contribution in [0.1, 0.15) is 0 Å². The maximum absolute atomic E-state index is 12.1. The van der Waals surface area contributed by atoms with Crippen LogP contribution in [0.4, 0.5) is 11.4 Å². The van der Waals surface area contributed by atoms with Crippen LogP contribution in [0.15, 0.2) is 41.4 Å². The Morgan fingerprint density at radius 3 is 2.53 bits per heavy atom. The predicted octanol–water partition coefficient (Wildman–Crippen LogP) is 2.77. The van der Waals surface area contributed by atoms with Gasteiger partial charge < -0.3 is 5.73 Å². The van der Waals surface area contributed by atoms with Gasteiger partial charge in [0.25, 0.3) is 10.0 Å². The quantitative estimate of drug-likeness (QED) is 0.673. The van der Waals surface area contributed by atoms with Crippen molar-refractivity contribution in [1.29, 1.82) is 0 Å². The molecule has 8 heteroatoms. The van der Waals surface area contributed by atoms with Gasteiger partial charge in [-0.25, -0.2) is 13.4 Å². The molecule has 0 atom stereocenters. The van der Waals surface area contributed by atoms with Crippen molar-refractivity contribution in [3.05, 3.63) is 46.7 Å². The van der Waals surface area contributed by atoms with Crippen LogP contribution in [0, 0.1) is 0 Å². The van der Waals surface area contributed by atoms with Gasteiger partial charge in [-0.3, -0.25) is 4.72 Å². The summed E-state index contributed by atoms with van der Waals surface area (Å²) in [6.07, 6.45) is 1.31. The molecule has 0 fully saturated rings. The highest BCUT2D eigenvalue weighted by Gasteiger charge is 2.18. The summed E-state index contributed by atoms with van der Waals surface area (Å²) in [4.78, 5) is 3.68. The summed E-state index contributed by atoms with van der Waals surface area (Å²) in [5.74, 6) is 0. The highest BCUT2D eigenvalue weighted by atomic mass is 35.5. The van der Waals surface area contributed by atoms with Crippen molar-refractivity contribution in [2.45, 2.75) is 4.90 Å². The van der Waals surface area contributed by atoms with Crippen LogP contribution in [0.3, 0.4) is 0 Å². The van der Waals surface area contributed by atoms with E-state index in [9.17, 15) is 8.42 Å². The van der Waals surface area contributed by atoms with Crippen LogP contribution in [0.2, 0.25) is 10.2 Å². The molecule has 0 saturated carbocycles. The average molecular weight is 318 g/mol. The first-order valence-electron chi connectivity index (χ1n) is 5.08. The maximum atomic E-state index is 12.1. The Balaban J connectivity index is 2.37. The smallest absolute Gasteiger partial charge is 0.263 e. The summed E-state index contributed by atoms with van der Waals surface area (Å²) < 4.78 is 26.6. The molecule has 0 bridgehead atoms. The number of benzene rings is 1. The van der Waals surface area contributed by atoms with Gasteiger partial charge in [0.15, 0.2) is 0 Å². The Labute approximate surface area is 120 Å². The number of rotatable bonds is 3. The third-order valence-corrected chi connectivity index (χ3v) is 4.31. The van der Waals surface area contributed by atoms with Gasteiger partial charge >= 0.3 is 0 Å². The van der Waals surface area contributed by atoms with Gasteiger partial charge in [-0.1, -0.05) is 23.2 Å². The van der Waals surface area contributed by atoms with E-state index in [0.717, 1.165) is 0 Å². The van der Waals surface area contributed by atoms with Gasteiger partial charge in [0.1, 0.15) is 10.0 Å². The molecule has 0 saturated heterocycles. The normalized spacial score (nSPS) is 11.3. The summed E-state index contributed by atoms with van der Waals surface area (Å²) in [5, 5.41) is 0.355. The van der Waals surface area contributed by atoms with Crippen molar-refractivity contribution in [2.75, 3.05) is 10.5 Å². The largest absolute Gasteiger partial charge is 0.399 e. The SMILES string of the molecule is Nc1ccc(Cl)c(S(=O)(=O)Nc2ccc(Cl)nc2)c1. The number of nitrogen functional groups attached to an aromatic ring is 1. The van der Waals surface area contributed by atoms with Crippen molar-refractivity contribution in [3.63, 3.8) is 0 Å². The highest BCUT2D eigenvalue weighted by molar-refractivity contribution is 7.92. The zero-order chi connectivity index (χ0) is 14.0. The molecule has 0 aliphatic heterocycles. The lowest BCUT2D eigenvalue weighted by atomic mass is 10.3. The van der Waals surface area contributed by atoms with Crippen molar-refractivity contribution in [2.24, 2.45) is 0 Å². The molecule has 1 heterocycles. The number of pyridine rings is 1. The number of nitrogens with zero attached hydrogens (tertiary/aromatic N) is 1. The molecule has 0 radical (unpaired) electrons. The number of hydrogen-bond donors (Lipinski definition) is 2. The van der Waals surface area contributed by atoms with Crippen LogP contribution < -0.4 is 10.5 Å². The molecule has 100 valence electrons. The molecule has 0 aliphatic carbocycles. The van der Waals surface area contributed by atoms with E-state index in [4.69, 9.17) is 28.9 Å². The zero-order valence-electron chi connectivity index (χ0n) is 9.47. The summed E-state index contributed by atoms with van der Waals surface area (Å²) in [7, 11) is -3.82. The molecule has 0 aliphatic rings. The lowest BCUT2D eigenvalue weighted by Gasteiger charge is -2.09. The van der Waals surface area contributed by atoms with E-state index in [-0.39, 0.29) is 20.8 Å². The van der Waals surface area contributed by atoms with Crippen molar-refractivity contribution in [3.8, 4) is 0 Å². The highest BCUT2D eigenvalue weighted by Crippen LogP contribution is 2.25. The van der Waals surface area contributed by atoms with E-state index in [1.54, 1.807) is 0 Å². The second-order valence-electron chi connectivity index (χ2n) is 3.66. The Hall–Kier alpha value is -1.50. The Morgan fingerprint density at radius 1 is 1.16 bits per heavy atom. The van der Waals surface area contributed by atoms with Crippen molar-refractivity contribution < 1.29 is 8.42 Å². The topological polar surface area (TPSA) is 85.1 Å². The van der Waals surface area contributed by atoms with Gasteiger partial charge in [0.05, 0.1) is 16.9 Å². The molecule has 0 amide bonds. The zero-order valence-corrected chi connectivity index (χ0v) is 11.8. The summed E-state index contributed by atoms with van der Waals surface area (Å²) in [6.45, 7) is 0. The molecule has 1 aromatic heterocycles. The molecule has 0 unspecified atom stereocenters. The minimum absolute atomic E-state index is 0.0867. The van der Waals surface area contributed by atoms with Gasteiger partial charge in [-0.15, -0.1) is 0 Å². The lowest BCUT2D eigenvalue weighted by Crippen LogP contribution is -2.14. The number of halogens is 2. The van der Waals surface area contributed by atoms with Crippen LogP contribution >= 0.6 is 23.2 Å². The third kappa shape index (κ3) is 3.28. The molecule has 1 aromatic carbocycles. The fourth-order valence-electron chi connectivity index (χ4n) is 1.37. The van der Waals surface area contributed by atoms with E-state index >= 15 is 0 Å². The van der Waals surface area contributed by atoms with E-state index in [1.807, 2.05) is 0 Å². The number of nitrogens with one attached hydrogen (secondary N) is 1. The molecule has 2 aromatic rings. The fourth-order valence-corrected chi connectivity index (χ4v) is 3.06. The standard InChI is InChI=1S/C11H9Cl2N3O2S/c12-9-3-1-7(14)5-10(9)19(17,18)16-8-2-4-11(13)15-6-8/h1-6,16H,14H2. The molecule has 5 nitrogen and oxygen atoms in total. The Morgan fingerprint density at radius 2 is 1.89 bits per heavy atom. The number of hydrogen-bond acceptors (Lipinski definition) is 4. The van der Waals surface area contributed by atoms with E-state index in [2.05, 4.69) is 9.71 Å². The maximum Gasteiger partial charge on any atom is 0.263 e. The average Bonchev–Trinajstić information content (AvgIpc) is 2.35. The first kappa shape index (κ1) is 13.9. The minimum atomic E-state index is -3.82. The third-order valence-electron chi connectivity index (χ3n) is 2.22. The van der Waals surface area contributed by atoms with Crippen LogP contribution in [-0.4, -0.2) is 13.4 Å². The molecular weight excluding hydrogens is 309 g/mol. The van der Waals surface area contributed by atoms with Gasteiger partial charge in [0, 0.05) is 5.69 Å². The van der Waals surface area contributed by atoms with E-state index < -0.39 is 10.0 Å². The fraction of sp³-hybridized carbons (Fsp3) is 0. The molecule has 19 heavy (non-hydrogen) atoms. The number of anilines is 2. The number of aromatic nitrogens is 1. The molecule has 2 rings (SSSR count). The second kappa shape index (κ2) is 5.24. The van der Waals surface area contributed by atoms with Crippen molar-refractivity contribution in [1.82, 2.24) is 4.98 Å². The Kier molecular flexibility index (Phi) is 3.84. The van der Waals surface area contributed by atoms with Crippen molar-refractivity contribution >= 4 is 44.6 Å². The van der Waals surface area contributed by atoms with E-state index in [1.165, 1.54) is 36.5 Å². The number of nitrogens with two attached hydrogens (primary N) is 1. The van der Waals surface area contributed by atoms with Gasteiger partial charge in [-0.2, -0.15) is 0 Å². The Bertz CT molecular complexity index is 702. The number of sulfonamides is 1.